The highest BCUT2D eigenvalue weighted by atomic mass is 35.5. The van der Waals surface area contributed by atoms with E-state index in [9.17, 15) is 4.79 Å². The number of hydrogen-bond donors (Lipinski definition) is 0. The van der Waals surface area contributed by atoms with Crippen LogP contribution in [0.5, 0.6) is 5.75 Å². The van der Waals surface area contributed by atoms with E-state index in [4.69, 9.17) is 26.3 Å². The van der Waals surface area contributed by atoms with Gasteiger partial charge in [-0.05, 0) is 47.9 Å². The largest absolute Gasteiger partial charge is 0.492 e. The van der Waals surface area contributed by atoms with Gasteiger partial charge in [-0.15, -0.1) is 0 Å². The highest BCUT2D eigenvalue weighted by Crippen LogP contribution is 2.30. The fourth-order valence-electron chi connectivity index (χ4n) is 2.46. The van der Waals surface area contributed by atoms with Gasteiger partial charge < -0.3 is 9.47 Å². The quantitative estimate of drug-likeness (QED) is 0.809. The first kappa shape index (κ1) is 15.4. The van der Waals surface area contributed by atoms with Crippen molar-refractivity contribution in [1.82, 2.24) is 0 Å². The van der Waals surface area contributed by atoms with Crippen molar-refractivity contribution in [2.24, 2.45) is 5.92 Å². The maximum atomic E-state index is 12.2. The molecule has 5 heteroatoms. The van der Waals surface area contributed by atoms with Crippen LogP contribution in [0.25, 0.3) is 0 Å². The van der Waals surface area contributed by atoms with Crippen LogP contribution in [0, 0.1) is 17.2 Å². The van der Waals surface area contributed by atoms with Crippen molar-refractivity contribution in [3.63, 3.8) is 0 Å². The van der Waals surface area contributed by atoms with E-state index in [1.54, 1.807) is 30.3 Å². The van der Waals surface area contributed by atoms with E-state index in [0.717, 1.165) is 16.9 Å². The molecule has 0 amide bonds. The van der Waals surface area contributed by atoms with E-state index in [-0.39, 0.29) is 18.5 Å². The van der Waals surface area contributed by atoms with Crippen molar-refractivity contribution in [1.29, 1.82) is 5.26 Å². The number of nitriles is 1. The summed E-state index contributed by atoms with van der Waals surface area (Å²) in [5.41, 5.74) is 2.34. The Labute approximate surface area is 139 Å². The molecule has 116 valence electrons. The summed E-state index contributed by atoms with van der Waals surface area (Å²) in [5.74, 6) is 0.143. The first-order valence-corrected chi connectivity index (χ1v) is 7.60. The Morgan fingerprint density at radius 1 is 1.30 bits per heavy atom. The van der Waals surface area contributed by atoms with E-state index in [0.29, 0.717) is 23.6 Å². The third-order valence-corrected chi connectivity index (χ3v) is 3.96. The van der Waals surface area contributed by atoms with Crippen LogP contribution in [0.3, 0.4) is 0 Å². The second kappa shape index (κ2) is 6.72. The SMILES string of the molecule is N#Cc1ccc(COC(=O)[C@H]2COc3ccc(Cl)cc3C2)cc1. The number of esters is 1. The van der Waals surface area contributed by atoms with Gasteiger partial charge in [-0.3, -0.25) is 4.79 Å². The van der Waals surface area contributed by atoms with Gasteiger partial charge in [0, 0.05) is 5.02 Å². The summed E-state index contributed by atoms with van der Waals surface area (Å²) >= 11 is 5.98. The molecule has 1 heterocycles. The minimum absolute atomic E-state index is 0.184. The lowest BCUT2D eigenvalue weighted by Gasteiger charge is -2.24. The maximum Gasteiger partial charge on any atom is 0.313 e. The van der Waals surface area contributed by atoms with E-state index in [2.05, 4.69) is 0 Å². The minimum Gasteiger partial charge on any atom is -0.492 e. The molecule has 0 spiro atoms. The van der Waals surface area contributed by atoms with Crippen LogP contribution < -0.4 is 4.74 Å². The molecule has 0 unspecified atom stereocenters. The molecule has 1 aliphatic rings. The molecule has 0 saturated carbocycles. The zero-order valence-electron chi connectivity index (χ0n) is 12.3. The molecule has 1 aliphatic heterocycles. The van der Waals surface area contributed by atoms with E-state index < -0.39 is 0 Å². The Hall–Kier alpha value is -2.51. The number of benzene rings is 2. The van der Waals surface area contributed by atoms with Crippen LogP contribution in [0.4, 0.5) is 0 Å². The molecule has 0 saturated heterocycles. The first-order valence-electron chi connectivity index (χ1n) is 7.22. The second-order valence-corrected chi connectivity index (χ2v) is 5.82. The van der Waals surface area contributed by atoms with Gasteiger partial charge in [0.05, 0.1) is 17.6 Å². The van der Waals surface area contributed by atoms with Crippen LogP contribution in [-0.4, -0.2) is 12.6 Å². The Bertz CT molecular complexity index is 765. The lowest BCUT2D eigenvalue weighted by molar-refractivity contribution is -0.151. The molecule has 0 radical (unpaired) electrons. The number of hydrogen-bond acceptors (Lipinski definition) is 4. The molecule has 0 fully saturated rings. The average Bonchev–Trinajstić information content (AvgIpc) is 2.59. The van der Waals surface area contributed by atoms with Crippen molar-refractivity contribution in [3.05, 3.63) is 64.2 Å². The molecular formula is C18H14ClNO3. The van der Waals surface area contributed by atoms with Crippen LogP contribution >= 0.6 is 11.6 Å². The van der Waals surface area contributed by atoms with Crippen molar-refractivity contribution in [2.75, 3.05) is 6.61 Å². The van der Waals surface area contributed by atoms with Crippen molar-refractivity contribution >= 4 is 17.6 Å². The van der Waals surface area contributed by atoms with Crippen molar-refractivity contribution < 1.29 is 14.3 Å². The maximum absolute atomic E-state index is 12.2. The number of nitrogens with zero attached hydrogens (tertiary/aromatic N) is 1. The topological polar surface area (TPSA) is 59.3 Å². The minimum atomic E-state index is -0.334. The van der Waals surface area contributed by atoms with Gasteiger partial charge in [-0.1, -0.05) is 23.7 Å². The molecule has 0 bridgehead atoms. The number of ether oxygens (including phenoxy) is 2. The summed E-state index contributed by atoms with van der Waals surface area (Å²) in [7, 11) is 0. The van der Waals surface area contributed by atoms with Gasteiger partial charge in [0.2, 0.25) is 0 Å². The highest BCUT2D eigenvalue weighted by Gasteiger charge is 2.27. The number of halogens is 1. The average molecular weight is 328 g/mol. The van der Waals surface area contributed by atoms with Crippen LogP contribution in [0.1, 0.15) is 16.7 Å². The van der Waals surface area contributed by atoms with Crippen molar-refractivity contribution in [2.45, 2.75) is 13.0 Å². The molecule has 1 atom stereocenters. The molecule has 3 rings (SSSR count). The van der Waals surface area contributed by atoms with Gasteiger partial charge in [-0.2, -0.15) is 5.26 Å². The van der Waals surface area contributed by atoms with Crippen LogP contribution in [0.15, 0.2) is 42.5 Å². The second-order valence-electron chi connectivity index (χ2n) is 5.38. The van der Waals surface area contributed by atoms with E-state index in [1.807, 2.05) is 18.2 Å². The number of rotatable bonds is 3. The molecule has 4 nitrogen and oxygen atoms in total. The van der Waals surface area contributed by atoms with E-state index >= 15 is 0 Å². The number of fused-ring (bicyclic) bond motifs is 1. The number of carbonyl (C=O) groups excluding carboxylic acids is 1. The monoisotopic (exact) mass is 327 g/mol. The summed E-state index contributed by atoms with van der Waals surface area (Å²) in [6.45, 7) is 0.490. The Morgan fingerprint density at radius 3 is 2.83 bits per heavy atom. The number of carbonyl (C=O) groups is 1. The van der Waals surface area contributed by atoms with Gasteiger partial charge in [0.25, 0.3) is 0 Å². The van der Waals surface area contributed by atoms with Gasteiger partial charge >= 0.3 is 5.97 Å². The Balaban J connectivity index is 1.59. The lowest BCUT2D eigenvalue weighted by atomic mass is 9.97. The normalized spacial score (nSPS) is 15.9. The van der Waals surface area contributed by atoms with E-state index in [1.165, 1.54) is 0 Å². The summed E-state index contributed by atoms with van der Waals surface area (Å²) < 4.78 is 11.0. The summed E-state index contributed by atoms with van der Waals surface area (Å²) in [5, 5.41) is 9.38. The molecule has 0 N–H and O–H groups in total. The molecule has 2 aromatic rings. The molecule has 0 aliphatic carbocycles. The molecule has 0 aromatic heterocycles. The van der Waals surface area contributed by atoms with Gasteiger partial charge in [0.1, 0.15) is 19.0 Å². The summed E-state index contributed by atoms with van der Waals surface area (Å²) in [4.78, 5) is 12.2. The fourth-order valence-corrected chi connectivity index (χ4v) is 2.66. The zero-order valence-corrected chi connectivity index (χ0v) is 13.0. The summed E-state index contributed by atoms with van der Waals surface area (Å²) in [6, 6.07) is 14.4. The van der Waals surface area contributed by atoms with Crippen LogP contribution in [-0.2, 0) is 22.6 Å². The third-order valence-electron chi connectivity index (χ3n) is 3.73. The van der Waals surface area contributed by atoms with Gasteiger partial charge in [0.15, 0.2) is 0 Å². The summed E-state index contributed by atoms with van der Waals surface area (Å²) in [6.07, 6.45) is 0.558. The molecule has 2 aromatic carbocycles. The predicted molar refractivity (Wildman–Crippen MR) is 85.1 cm³/mol. The van der Waals surface area contributed by atoms with Crippen LogP contribution in [0.2, 0.25) is 5.02 Å². The standard InChI is InChI=1S/C18H14ClNO3/c19-16-5-6-17-14(8-16)7-15(11-22-17)18(21)23-10-13-3-1-12(9-20)2-4-13/h1-6,8,15H,7,10-11H2/t15-/m1/s1. The smallest absolute Gasteiger partial charge is 0.313 e. The fraction of sp³-hybridized carbons (Fsp3) is 0.222. The first-order chi connectivity index (χ1) is 11.2. The Morgan fingerprint density at radius 2 is 2.09 bits per heavy atom. The Kier molecular flexibility index (Phi) is 4.50. The third kappa shape index (κ3) is 3.64. The predicted octanol–water partition coefficient (Wildman–Crippen LogP) is 3.51. The highest BCUT2D eigenvalue weighted by molar-refractivity contribution is 6.30. The van der Waals surface area contributed by atoms with Gasteiger partial charge in [-0.25, -0.2) is 0 Å². The van der Waals surface area contributed by atoms with Crippen molar-refractivity contribution in [3.8, 4) is 11.8 Å². The zero-order chi connectivity index (χ0) is 16.2. The molecular weight excluding hydrogens is 314 g/mol. The molecule has 23 heavy (non-hydrogen) atoms. The lowest BCUT2D eigenvalue weighted by Crippen LogP contribution is -2.29.